The van der Waals surface area contributed by atoms with Crippen LogP contribution in [0, 0.1) is 0 Å². The van der Waals surface area contributed by atoms with Crippen molar-refractivity contribution < 1.29 is 27.4 Å². The predicted molar refractivity (Wildman–Crippen MR) is 151 cm³/mol. The van der Waals surface area contributed by atoms with Gasteiger partial charge in [0, 0.05) is 29.7 Å². The van der Waals surface area contributed by atoms with E-state index in [2.05, 4.69) is 5.32 Å². The molecule has 4 rings (SSSR count). The maximum absolute atomic E-state index is 13.6. The molecule has 0 atom stereocenters. The molecule has 1 aromatic heterocycles. The molecule has 1 amide bonds. The topological polar surface area (TPSA) is 107 Å². The molecule has 39 heavy (non-hydrogen) atoms. The molecule has 204 valence electrons. The van der Waals surface area contributed by atoms with Crippen LogP contribution in [0.25, 0.3) is 22.2 Å². The Balaban J connectivity index is 1.78. The minimum absolute atomic E-state index is 0.113. The van der Waals surface area contributed by atoms with Crippen molar-refractivity contribution in [3.8, 4) is 28.5 Å². The molecule has 1 N–H and O–H groups in total. The van der Waals surface area contributed by atoms with E-state index in [1.807, 2.05) is 24.3 Å². The molecule has 0 fully saturated rings. The molecule has 0 bridgehead atoms. The highest BCUT2D eigenvalue weighted by Gasteiger charge is 2.23. The van der Waals surface area contributed by atoms with Gasteiger partial charge in [-0.1, -0.05) is 38.1 Å². The Morgan fingerprint density at radius 2 is 1.54 bits per heavy atom. The van der Waals surface area contributed by atoms with E-state index in [-0.39, 0.29) is 4.90 Å². The fourth-order valence-corrected chi connectivity index (χ4v) is 5.89. The van der Waals surface area contributed by atoms with Crippen molar-refractivity contribution in [1.82, 2.24) is 9.29 Å². The first-order valence-electron chi connectivity index (χ1n) is 12.4. The van der Waals surface area contributed by atoms with Gasteiger partial charge < -0.3 is 19.5 Å². The van der Waals surface area contributed by atoms with Crippen LogP contribution in [0.3, 0.4) is 0 Å². The highest BCUT2D eigenvalue weighted by atomic mass is 32.2. The maximum Gasteiger partial charge on any atom is 0.256 e. The summed E-state index contributed by atoms with van der Waals surface area (Å²) in [5, 5.41) is 3.51. The Morgan fingerprint density at radius 3 is 2.15 bits per heavy atom. The Hall–Kier alpha value is -4.15. The second kappa shape index (κ2) is 11.7. The second-order valence-corrected chi connectivity index (χ2v) is 10.5. The number of hydrogen-bond acceptors (Lipinski definition) is 7. The summed E-state index contributed by atoms with van der Waals surface area (Å²) < 4.78 is 43.8. The zero-order chi connectivity index (χ0) is 28.2. The number of hydrogen-bond donors (Lipinski definition) is 1. The average Bonchev–Trinajstić information content (AvgIpc) is 2.96. The Bertz CT molecular complexity index is 1590. The minimum atomic E-state index is -3.68. The zero-order valence-corrected chi connectivity index (χ0v) is 23.3. The molecule has 0 spiro atoms. The summed E-state index contributed by atoms with van der Waals surface area (Å²) in [4.78, 5) is 18.5. The van der Waals surface area contributed by atoms with Crippen LogP contribution in [-0.4, -0.2) is 58.0 Å². The van der Waals surface area contributed by atoms with E-state index < -0.39 is 15.9 Å². The van der Waals surface area contributed by atoms with Gasteiger partial charge >= 0.3 is 0 Å². The van der Waals surface area contributed by atoms with E-state index in [1.165, 1.54) is 37.8 Å². The van der Waals surface area contributed by atoms with Crippen molar-refractivity contribution >= 4 is 32.5 Å². The number of ether oxygens (including phenoxy) is 3. The standard InChI is InChI=1S/C29H31N3O6S/c1-6-32(7-2)39(34,35)21-12-10-11-20(17-21)30-29(33)23-18-25(31-24-14-9-8-13-22(23)24)19-15-26(36-3)28(38-5)27(16-19)37-4/h8-18H,6-7H2,1-5H3,(H,30,33). The molecule has 4 aromatic rings. The summed E-state index contributed by atoms with van der Waals surface area (Å²) in [6.45, 7) is 4.27. The lowest BCUT2D eigenvalue weighted by Crippen LogP contribution is -2.30. The molecule has 10 heteroatoms. The predicted octanol–water partition coefficient (Wildman–Crippen LogP) is 5.21. The number of para-hydroxylation sites is 1. The van der Waals surface area contributed by atoms with Gasteiger partial charge in [-0.25, -0.2) is 13.4 Å². The van der Waals surface area contributed by atoms with Gasteiger partial charge in [0.25, 0.3) is 5.91 Å². The zero-order valence-electron chi connectivity index (χ0n) is 22.5. The van der Waals surface area contributed by atoms with Crippen LogP contribution in [0.4, 0.5) is 5.69 Å². The van der Waals surface area contributed by atoms with E-state index in [0.29, 0.717) is 63.7 Å². The van der Waals surface area contributed by atoms with Crippen LogP contribution in [0.5, 0.6) is 17.2 Å². The lowest BCUT2D eigenvalue weighted by molar-refractivity contribution is 0.102. The first-order valence-corrected chi connectivity index (χ1v) is 13.8. The molecule has 0 radical (unpaired) electrons. The number of carbonyl (C=O) groups is 1. The van der Waals surface area contributed by atoms with Gasteiger partial charge in [-0.3, -0.25) is 4.79 Å². The van der Waals surface area contributed by atoms with Gasteiger partial charge in [-0.15, -0.1) is 0 Å². The number of nitrogens with one attached hydrogen (secondary N) is 1. The molecular weight excluding hydrogens is 518 g/mol. The van der Waals surface area contributed by atoms with Crippen LogP contribution in [0.1, 0.15) is 24.2 Å². The number of anilines is 1. The van der Waals surface area contributed by atoms with E-state index in [1.54, 1.807) is 44.2 Å². The highest BCUT2D eigenvalue weighted by Crippen LogP contribution is 2.41. The van der Waals surface area contributed by atoms with Gasteiger partial charge in [0.1, 0.15) is 0 Å². The van der Waals surface area contributed by atoms with Crippen LogP contribution >= 0.6 is 0 Å². The smallest absolute Gasteiger partial charge is 0.256 e. The first kappa shape index (κ1) is 27.9. The normalized spacial score (nSPS) is 11.4. The molecule has 0 unspecified atom stereocenters. The Morgan fingerprint density at radius 1 is 0.872 bits per heavy atom. The fourth-order valence-electron chi connectivity index (χ4n) is 4.39. The summed E-state index contributed by atoms with van der Waals surface area (Å²) >= 11 is 0. The van der Waals surface area contributed by atoms with Crippen molar-refractivity contribution in [3.63, 3.8) is 0 Å². The van der Waals surface area contributed by atoms with E-state index in [0.717, 1.165) is 0 Å². The summed E-state index contributed by atoms with van der Waals surface area (Å²) in [7, 11) is 0.904. The van der Waals surface area contributed by atoms with Gasteiger partial charge in [0.15, 0.2) is 11.5 Å². The van der Waals surface area contributed by atoms with Crippen molar-refractivity contribution in [2.45, 2.75) is 18.7 Å². The van der Waals surface area contributed by atoms with E-state index >= 15 is 0 Å². The number of benzene rings is 3. The van der Waals surface area contributed by atoms with Gasteiger partial charge in [-0.2, -0.15) is 4.31 Å². The molecular formula is C29H31N3O6S. The van der Waals surface area contributed by atoms with Gasteiger partial charge in [0.05, 0.1) is 43.0 Å². The van der Waals surface area contributed by atoms with Gasteiger partial charge in [-0.05, 0) is 42.5 Å². The first-order chi connectivity index (χ1) is 18.8. The molecule has 0 aliphatic rings. The van der Waals surface area contributed by atoms with Crippen molar-refractivity contribution in [2.75, 3.05) is 39.7 Å². The molecule has 0 saturated carbocycles. The molecule has 1 heterocycles. The molecule has 0 aliphatic heterocycles. The van der Waals surface area contributed by atoms with Crippen molar-refractivity contribution in [3.05, 3.63) is 72.3 Å². The number of amides is 1. The largest absolute Gasteiger partial charge is 0.493 e. The second-order valence-electron chi connectivity index (χ2n) is 8.56. The van der Waals surface area contributed by atoms with Crippen LogP contribution in [0.2, 0.25) is 0 Å². The number of sulfonamides is 1. The quantitative estimate of drug-likeness (QED) is 0.289. The molecule has 9 nitrogen and oxygen atoms in total. The van der Waals surface area contributed by atoms with Crippen molar-refractivity contribution in [1.29, 1.82) is 0 Å². The summed E-state index contributed by atoms with van der Waals surface area (Å²) in [6.07, 6.45) is 0. The maximum atomic E-state index is 13.6. The average molecular weight is 550 g/mol. The third kappa shape index (κ3) is 5.52. The summed E-state index contributed by atoms with van der Waals surface area (Å²) in [6, 6.07) is 18.8. The van der Waals surface area contributed by atoms with Crippen LogP contribution < -0.4 is 19.5 Å². The molecule has 0 saturated heterocycles. The minimum Gasteiger partial charge on any atom is -0.493 e. The van der Waals surface area contributed by atoms with Crippen molar-refractivity contribution in [2.24, 2.45) is 0 Å². The molecule has 3 aromatic carbocycles. The lowest BCUT2D eigenvalue weighted by Gasteiger charge is -2.19. The lowest BCUT2D eigenvalue weighted by atomic mass is 10.0. The van der Waals surface area contributed by atoms with E-state index in [9.17, 15) is 13.2 Å². The number of aromatic nitrogens is 1. The third-order valence-corrected chi connectivity index (χ3v) is 8.40. The van der Waals surface area contributed by atoms with Crippen LogP contribution in [-0.2, 0) is 10.0 Å². The number of carbonyl (C=O) groups excluding carboxylic acids is 1. The van der Waals surface area contributed by atoms with E-state index in [4.69, 9.17) is 19.2 Å². The number of methoxy groups -OCH3 is 3. The van der Waals surface area contributed by atoms with Gasteiger partial charge in [0.2, 0.25) is 15.8 Å². The summed E-state index contributed by atoms with van der Waals surface area (Å²) in [5.41, 5.74) is 2.55. The number of rotatable bonds is 10. The SMILES string of the molecule is CCN(CC)S(=O)(=O)c1cccc(NC(=O)c2cc(-c3cc(OC)c(OC)c(OC)c3)nc3ccccc23)c1. The monoisotopic (exact) mass is 549 g/mol. The van der Waals surface area contributed by atoms with Crippen LogP contribution in [0.15, 0.2) is 71.6 Å². The Kier molecular flexibility index (Phi) is 8.37. The number of pyridine rings is 1. The number of nitrogens with zero attached hydrogens (tertiary/aromatic N) is 2. The fraction of sp³-hybridized carbons (Fsp3) is 0.241. The highest BCUT2D eigenvalue weighted by molar-refractivity contribution is 7.89. The molecule has 0 aliphatic carbocycles. The summed E-state index contributed by atoms with van der Waals surface area (Å²) in [5.74, 6) is 0.958. The Labute approximate surface area is 228 Å². The third-order valence-electron chi connectivity index (χ3n) is 6.36. The number of fused-ring (bicyclic) bond motifs is 1.